The average molecular weight is 129 g/mol. The van der Waals surface area contributed by atoms with Crippen molar-refractivity contribution in [1.29, 1.82) is 0 Å². The molecule has 2 heteroatoms. The van der Waals surface area contributed by atoms with Gasteiger partial charge in [-0.1, -0.05) is 12.2 Å². The van der Waals surface area contributed by atoms with Gasteiger partial charge >= 0.3 is 0 Å². The smallest absolute Gasteiger partial charge is 0.119 e. The van der Waals surface area contributed by atoms with Crippen molar-refractivity contribution in [2.45, 2.75) is 25.6 Å². The molecule has 0 aromatic rings. The second kappa shape index (κ2) is 2.48. The molecule has 1 nitrogen and oxygen atoms in total. The Hall–Kier alpha value is -0.370. The largest absolute Gasteiger partial charge is 0.308 e. The highest BCUT2D eigenvalue weighted by molar-refractivity contribution is 5.04. The third-order valence-corrected chi connectivity index (χ3v) is 1.70. The highest BCUT2D eigenvalue weighted by Gasteiger charge is 2.21. The summed E-state index contributed by atoms with van der Waals surface area (Å²) in [6.07, 6.45) is -0.194. The zero-order valence-corrected chi connectivity index (χ0v) is 5.65. The van der Waals surface area contributed by atoms with Gasteiger partial charge in [0.25, 0.3) is 0 Å². The highest BCUT2D eigenvalue weighted by atomic mass is 19.1. The van der Waals surface area contributed by atoms with Gasteiger partial charge in [-0.25, -0.2) is 4.39 Å². The Morgan fingerprint density at radius 3 is 2.89 bits per heavy atom. The summed E-state index contributed by atoms with van der Waals surface area (Å²) in [6, 6.07) is 0.00972. The number of piperidine rings is 1. The van der Waals surface area contributed by atoms with E-state index < -0.39 is 6.17 Å². The first-order valence-electron chi connectivity index (χ1n) is 3.24. The molecule has 1 aliphatic heterocycles. The van der Waals surface area contributed by atoms with Gasteiger partial charge < -0.3 is 5.32 Å². The van der Waals surface area contributed by atoms with Crippen molar-refractivity contribution in [2.24, 2.45) is 0 Å². The monoisotopic (exact) mass is 129 g/mol. The fraction of sp³-hybridized carbons (Fsp3) is 0.714. The summed E-state index contributed by atoms with van der Waals surface area (Å²) in [5.74, 6) is 0. The number of nitrogens with one attached hydrogen (secondary N) is 1. The minimum Gasteiger partial charge on any atom is -0.308 e. The Balaban J connectivity index is 2.44. The highest BCUT2D eigenvalue weighted by Crippen LogP contribution is 2.14. The average Bonchev–Trinajstić information content (AvgIpc) is 1.80. The zero-order valence-electron chi connectivity index (χ0n) is 5.65. The molecule has 0 amide bonds. The van der Waals surface area contributed by atoms with E-state index in [-0.39, 0.29) is 6.04 Å². The molecule has 0 aliphatic carbocycles. The van der Waals surface area contributed by atoms with E-state index in [0.29, 0.717) is 6.42 Å². The van der Waals surface area contributed by atoms with E-state index in [1.165, 1.54) is 0 Å². The Labute approximate surface area is 54.9 Å². The van der Waals surface area contributed by atoms with Crippen LogP contribution in [0.15, 0.2) is 12.2 Å². The molecule has 1 aliphatic rings. The van der Waals surface area contributed by atoms with Crippen molar-refractivity contribution >= 4 is 0 Å². The van der Waals surface area contributed by atoms with Gasteiger partial charge in [0.2, 0.25) is 0 Å². The van der Waals surface area contributed by atoms with Crippen LogP contribution in [0, 0.1) is 0 Å². The Bertz CT molecular complexity index is 122. The van der Waals surface area contributed by atoms with E-state index >= 15 is 0 Å². The molecule has 1 fully saturated rings. The van der Waals surface area contributed by atoms with E-state index in [1.54, 1.807) is 0 Å². The molecule has 0 spiro atoms. The van der Waals surface area contributed by atoms with E-state index in [2.05, 4.69) is 11.9 Å². The molecule has 1 heterocycles. The van der Waals surface area contributed by atoms with Crippen molar-refractivity contribution in [1.82, 2.24) is 5.32 Å². The molecule has 1 N–H and O–H groups in total. The van der Waals surface area contributed by atoms with Gasteiger partial charge in [-0.15, -0.1) is 0 Å². The molecular formula is C7H12FN. The summed E-state index contributed by atoms with van der Waals surface area (Å²) >= 11 is 0. The van der Waals surface area contributed by atoms with Gasteiger partial charge in [0.1, 0.15) is 6.17 Å². The lowest BCUT2D eigenvalue weighted by molar-refractivity contribution is 0.240. The molecule has 1 rings (SSSR count). The minimum atomic E-state index is -0.730. The van der Waals surface area contributed by atoms with Crippen molar-refractivity contribution in [3.63, 3.8) is 0 Å². The van der Waals surface area contributed by atoms with Crippen LogP contribution in [0.25, 0.3) is 0 Å². The van der Waals surface area contributed by atoms with Gasteiger partial charge in [-0.3, -0.25) is 0 Å². The van der Waals surface area contributed by atoms with Crippen LogP contribution in [0.1, 0.15) is 13.3 Å². The quantitative estimate of drug-likeness (QED) is 0.485. The number of alkyl halides is 1. The lowest BCUT2D eigenvalue weighted by atomic mass is 10.0. The van der Waals surface area contributed by atoms with Crippen LogP contribution < -0.4 is 5.32 Å². The van der Waals surface area contributed by atoms with Crippen LogP contribution in [-0.2, 0) is 0 Å². The Kier molecular flexibility index (Phi) is 1.86. The van der Waals surface area contributed by atoms with Gasteiger partial charge in [-0.05, 0) is 6.92 Å². The molecule has 2 unspecified atom stereocenters. The van der Waals surface area contributed by atoms with Crippen molar-refractivity contribution in [2.75, 3.05) is 6.54 Å². The maximum Gasteiger partial charge on any atom is 0.119 e. The lowest BCUT2D eigenvalue weighted by Crippen LogP contribution is -2.41. The van der Waals surface area contributed by atoms with E-state index in [4.69, 9.17) is 0 Å². The topological polar surface area (TPSA) is 12.0 Å². The van der Waals surface area contributed by atoms with Gasteiger partial charge in [-0.2, -0.15) is 0 Å². The van der Waals surface area contributed by atoms with Gasteiger partial charge in [0.15, 0.2) is 0 Å². The van der Waals surface area contributed by atoms with Crippen molar-refractivity contribution in [3.05, 3.63) is 12.2 Å². The summed E-state index contributed by atoms with van der Waals surface area (Å²) < 4.78 is 12.7. The molecule has 0 aromatic carbocycles. The number of rotatable bonds is 0. The van der Waals surface area contributed by atoms with E-state index in [0.717, 1.165) is 12.1 Å². The predicted octanol–water partition coefficient (Wildman–Crippen LogP) is 1.26. The summed E-state index contributed by atoms with van der Waals surface area (Å²) in [7, 11) is 0. The molecule has 2 atom stereocenters. The molecule has 52 valence electrons. The zero-order chi connectivity index (χ0) is 6.85. The van der Waals surface area contributed by atoms with Crippen LogP contribution in [0.4, 0.5) is 4.39 Å². The molecular weight excluding hydrogens is 117 g/mol. The molecule has 0 saturated carbocycles. The lowest BCUT2D eigenvalue weighted by Gasteiger charge is -2.25. The van der Waals surface area contributed by atoms with E-state index in [9.17, 15) is 4.39 Å². The van der Waals surface area contributed by atoms with Crippen LogP contribution in [0.5, 0.6) is 0 Å². The predicted molar refractivity (Wildman–Crippen MR) is 36.1 cm³/mol. The van der Waals surface area contributed by atoms with E-state index in [1.807, 2.05) is 6.92 Å². The first-order chi connectivity index (χ1) is 4.20. The summed E-state index contributed by atoms with van der Waals surface area (Å²) in [5, 5.41) is 3.01. The maximum atomic E-state index is 12.7. The third kappa shape index (κ3) is 1.52. The van der Waals surface area contributed by atoms with Gasteiger partial charge in [0.05, 0.1) is 0 Å². The fourth-order valence-electron chi connectivity index (χ4n) is 0.958. The molecule has 0 radical (unpaired) electrons. The van der Waals surface area contributed by atoms with Crippen LogP contribution in [0.2, 0.25) is 0 Å². The maximum absolute atomic E-state index is 12.7. The first-order valence-corrected chi connectivity index (χ1v) is 3.24. The minimum absolute atomic E-state index is 0.00972. The first kappa shape index (κ1) is 6.75. The van der Waals surface area contributed by atoms with Crippen molar-refractivity contribution < 1.29 is 4.39 Å². The normalized spacial score (nSPS) is 36.9. The molecule has 0 bridgehead atoms. The second-order valence-electron chi connectivity index (χ2n) is 2.64. The molecule has 0 aromatic heterocycles. The summed E-state index contributed by atoms with van der Waals surface area (Å²) in [6.45, 7) is 6.33. The van der Waals surface area contributed by atoms with Crippen LogP contribution in [-0.4, -0.2) is 18.8 Å². The Morgan fingerprint density at radius 1 is 1.78 bits per heavy atom. The fourth-order valence-corrected chi connectivity index (χ4v) is 0.958. The number of hydrogen-bond donors (Lipinski definition) is 1. The van der Waals surface area contributed by atoms with Crippen molar-refractivity contribution in [3.8, 4) is 0 Å². The SMILES string of the molecule is C=C1CNC(C)C(F)C1. The van der Waals surface area contributed by atoms with Crippen LogP contribution in [0.3, 0.4) is 0 Å². The van der Waals surface area contributed by atoms with Gasteiger partial charge in [0, 0.05) is 19.0 Å². The Morgan fingerprint density at radius 2 is 2.44 bits per heavy atom. The van der Waals surface area contributed by atoms with Crippen LogP contribution >= 0.6 is 0 Å². The molecule has 9 heavy (non-hydrogen) atoms. The number of halogens is 1. The third-order valence-electron chi connectivity index (χ3n) is 1.70. The summed E-state index contributed by atoms with van der Waals surface area (Å²) in [5.41, 5.74) is 0.973. The number of hydrogen-bond acceptors (Lipinski definition) is 1. The molecule has 1 saturated heterocycles. The summed E-state index contributed by atoms with van der Waals surface area (Å²) in [4.78, 5) is 0. The second-order valence-corrected chi connectivity index (χ2v) is 2.64. The standard InChI is InChI=1S/C7H12FN/c1-5-3-7(8)6(2)9-4-5/h6-7,9H,1,3-4H2,2H3.